The van der Waals surface area contributed by atoms with Gasteiger partial charge in [0.2, 0.25) is 5.91 Å². The first-order valence-corrected chi connectivity index (χ1v) is 7.12. The van der Waals surface area contributed by atoms with Crippen LogP contribution in [0.25, 0.3) is 0 Å². The van der Waals surface area contributed by atoms with E-state index in [1.54, 1.807) is 0 Å². The molecule has 0 aromatic heterocycles. The zero-order valence-corrected chi connectivity index (χ0v) is 13.3. The largest absolute Gasteiger partial charge is 0.495 e. The lowest BCUT2D eigenvalue weighted by molar-refractivity contribution is -0.385. The Morgan fingerprint density at radius 1 is 1.57 bits per heavy atom. The molecule has 0 saturated heterocycles. The molecule has 1 aromatic carbocycles. The fraction of sp³-hybridized carbons (Fsp3) is 0.385. The minimum Gasteiger partial charge on any atom is -0.495 e. The Morgan fingerprint density at radius 2 is 2.29 bits per heavy atom. The number of ether oxygens (including phenoxy) is 1. The smallest absolute Gasteiger partial charge is 0.271 e. The van der Waals surface area contributed by atoms with Crippen LogP contribution in [0.1, 0.15) is 31.7 Å². The molecule has 0 bridgehead atoms. The number of unbranched alkanes of at least 4 members (excludes halogenated alkanes) is 1. The molecular weight excluding hydrogens is 342 g/mol. The van der Waals surface area contributed by atoms with Crippen LogP contribution in [0, 0.1) is 10.1 Å². The maximum atomic E-state index is 11.4. The molecule has 21 heavy (non-hydrogen) atoms. The topological polar surface area (TPSA) is 93.8 Å². The van der Waals surface area contributed by atoms with Gasteiger partial charge in [0.25, 0.3) is 5.69 Å². The van der Waals surface area contributed by atoms with E-state index in [-0.39, 0.29) is 11.6 Å². The van der Waals surface area contributed by atoms with Crippen LogP contribution in [-0.2, 0) is 4.79 Å². The number of halogens is 1. The monoisotopic (exact) mass is 357 g/mol. The van der Waals surface area contributed by atoms with Crippen LogP contribution in [0.15, 0.2) is 21.7 Å². The van der Waals surface area contributed by atoms with Gasteiger partial charge in [-0.05, 0) is 22.4 Å². The maximum absolute atomic E-state index is 11.4. The number of nitrogens with one attached hydrogen (secondary N) is 1. The van der Waals surface area contributed by atoms with E-state index in [4.69, 9.17) is 4.74 Å². The molecule has 114 valence electrons. The van der Waals surface area contributed by atoms with Gasteiger partial charge in [-0.15, -0.1) is 0 Å². The Hall–Kier alpha value is -1.96. The van der Waals surface area contributed by atoms with Crippen molar-refractivity contribution in [2.24, 2.45) is 5.10 Å². The number of nitro groups is 1. The third-order valence-electron chi connectivity index (χ3n) is 2.62. The van der Waals surface area contributed by atoms with Gasteiger partial charge in [-0.3, -0.25) is 14.9 Å². The number of non-ortho nitro benzene ring substituents is 1. The summed E-state index contributed by atoms with van der Waals surface area (Å²) in [5.41, 5.74) is 2.68. The van der Waals surface area contributed by atoms with E-state index in [9.17, 15) is 14.9 Å². The second-order valence-corrected chi connectivity index (χ2v) is 5.06. The predicted octanol–water partition coefficient (Wildman–Crippen LogP) is 3.01. The molecule has 0 aliphatic carbocycles. The number of carbonyl (C=O) groups is 1. The van der Waals surface area contributed by atoms with Crippen molar-refractivity contribution >= 4 is 33.7 Å². The molecule has 0 aliphatic heterocycles. The minimum atomic E-state index is -0.513. The molecule has 0 atom stereocenters. The summed E-state index contributed by atoms with van der Waals surface area (Å²) in [6.07, 6.45) is 3.42. The number of hydrazone groups is 1. The average Bonchev–Trinajstić information content (AvgIpc) is 2.44. The van der Waals surface area contributed by atoms with Crippen molar-refractivity contribution in [3.8, 4) is 5.75 Å². The van der Waals surface area contributed by atoms with Crippen LogP contribution in [0.2, 0.25) is 0 Å². The Bertz CT molecular complexity index is 561. The van der Waals surface area contributed by atoms with E-state index >= 15 is 0 Å². The Kier molecular flexibility index (Phi) is 6.80. The van der Waals surface area contributed by atoms with Crippen molar-refractivity contribution in [2.45, 2.75) is 26.2 Å². The molecule has 1 rings (SSSR count). The first kappa shape index (κ1) is 17.1. The molecular formula is C13H16BrN3O4. The van der Waals surface area contributed by atoms with Gasteiger partial charge < -0.3 is 4.74 Å². The fourth-order valence-corrected chi connectivity index (χ4v) is 2.21. The summed E-state index contributed by atoms with van der Waals surface area (Å²) in [6.45, 7) is 1.99. The van der Waals surface area contributed by atoms with E-state index in [0.717, 1.165) is 12.8 Å². The highest BCUT2D eigenvalue weighted by Gasteiger charge is 2.14. The second kappa shape index (κ2) is 8.35. The fourth-order valence-electron chi connectivity index (χ4n) is 1.58. The number of nitro benzene ring substituents is 1. The number of amides is 1. The summed E-state index contributed by atoms with van der Waals surface area (Å²) in [6, 6.07) is 2.67. The maximum Gasteiger partial charge on any atom is 0.271 e. The number of hydrogen-bond donors (Lipinski definition) is 1. The molecule has 7 nitrogen and oxygen atoms in total. The van der Waals surface area contributed by atoms with E-state index in [1.807, 2.05) is 6.92 Å². The van der Waals surface area contributed by atoms with E-state index < -0.39 is 4.92 Å². The summed E-state index contributed by atoms with van der Waals surface area (Å²) < 4.78 is 5.60. The zero-order chi connectivity index (χ0) is 15.8. The van der Waals surface area contributed by atoms with E-state index in [0.29, 0.717) is 22.2 Å². The Morgan fingerprint density at radius 3 is 2.86 bits per heavy atom. The van der Waals surface area contributed by atoms with Gasteiger partial charge in [0, 0.05) is 24.1 Å². The van der Waals surface area contributed by atoms with Gasteiger partial charge in [0.15, 0.2) is 0 Å². The van der Waals surface area contributed by atoms with Gasteiger partial charge in [-0.1, -0.05) is 13.3 Å². The first-order valence-electron chi connectivity index (χ1n) is 6.33. The van der Waals surface area contributed by atoms with Crippen LogP contribution in [0.3, 0.4) is 0 Å². The summed E-state index contributed by atoms with van der Waals surface area (Å²) in [7, 11) is 1.45. The van der Waals surface area contributed by atoms with Crippen molar-refractivity contribution in [2.75, 3.05) is 7.11 Å². The molecule has 1 aromatic rings. The number of benzene rings is 1. The molecule has 0 spiro atoms. The van der Waals surface area contributed by atoms with Crippen LogP contribution in [0.4, 0.5) is 5.69 Å². The van der Waals surface area contributed by atoms with Crippen LogP contribution in [-0.4, -0.2) is 24.2 Å². The van der Waals surface area contributed by atoms with Crippen molar-refractivity contribution in [3.05, 3.63) is 32.3 Å². The molecule has 8 heteroatoms. The average molecular weight is 358 g/mol. The highest BCUT2D eigenvalue weighted by atomic mass is 79.9. The van der Waals surface area contributed by atoms with Gasteiger partial charge in [0.1, 0.15) is 5.75 Å². The van der Waals surface area contributed by atoms with Gasteiger partial charge in [0.05, 0.1) is 22.7 Å². The van der Waals surface area contributed by atoms with Crippen molar-refractivity contribution in [1.82, 2.24) is 5.43 Å². The highest BCUT2D eigenvalue weighted by Crippen LogP contribution is 2.32. The van der Waals surface area contributed by atoms with Gasteiger partial charge >= 0.3 is 0 Å². The van der Waals surface area contributed by atoms with E-state index in [1.165, 1.54) is 25.5 Å². The third-order valence-corrected chi connectivity index (χ3v) is 3.21. The molecule has 0 aliphatic rings. The SMILES string of the molecule is CCCCC(=O)N/N=C\c1cc([N+](=O)[O-])cc(Br)c1OC. The number of hydrogen-bond acceptors (Lipinski definition) is 5. The van der Waals surface area contributed by atoms with E-state index in [2.05, 4.69) is 26.5 Å². The summed E-state index contributed by atoms with van der Waals surface area (Å²) in [4.78, 5) is 21.7. The standard InChI is InChI=1S/C13H16BrN3O4/c1-3-4-5-12(18)16-15-8-9-6-10(17(19)20)7-11(14)13(9)21-2/h6-8H,3-5H2,1-2H3,(H,16,18)/b15-8-. The zero-order valence-electron chi connectivity index (χ0n) is 11.8. The van der Waals surface area contributed by atoms with Gasteiger partial charge in [-0.2, -0.15) is 5.10 Å². The predicted molar refractivity (Wildman–Crippen MR) is 82.6 cm³/mol. The third kappa shape index (κ3) is 5.14. The number of methoxy groups -OCH3 is 1. The number of rotatable bonds is 7. The van der Waals surface area contributed by atoms with Crippen LogP contribution in [0.5, 0.6) is 5.75 Å². The number of carbonyl (C=O) groups excluding carboxylic acids is 1. The molecule has 0 saturated carbocycles. The number of nitrogens with zero attached hydrogens (tertiary/aromatic N) is 2. The quantitative estimate of drug-likeness (QED) is 0.461. The molecule has 0 fully saturated rings. The molecule has 1 N–H and O–H groups in total. The molecule has 0 heterocycles. The van der Waals surface area contributed by atoms with Crippen LogP contribution >= 0.6 is 15.9 Å². The Labute approximate surface area is 130 Å². The van der Waals surface area contributed by atoms with Crippen molar-refractivity contribution < 1.29 is 14.5 Å². The molecule has 1 amide bonds. The lowest BCUT2D eigenvalue weighted by atomic mass is 10.2. The molecule has 0 unspecified atom stereocenters. The minimum absolute atomic E-state index is 0.0959. The second-order valence-electron chi connectivity index (χ2n) is 4.20. The summed E-state index contributed by atoms with van der Waals surface area (Å²) in [5, 5.41) is 14.6. The summed E-state index contributed by atoms with van der Waals surface area (Å²) >= 11 is 3.20. The lowest BCUT2D eigenvalue weighted by Gasteiger charge is -2.07. The normalized spacial score (nSPS) is 10.6. The molecule has 0 radical (unpaired) electrons. The first-order chi connectivity index (χ1) is 9.99. The lowest BCUT2D eigenvalue weighted by Crippen LogP contribution is -2.16. The summed E-state index contributed by atoms with van der Waals surface area (Å²) in [5.74, 6) is 0.212. The highest BCUT2D eigenvalue weighted by molar-refractivity contribution is 9.10. The van der Waals surface area contributed by atoms with Crippen molar-refractivity contribution in [1.29, 1.82) is 0 Å². The van der Waals surface area contributed by atoms with Gasteiger partial charge in [-0.25, -0.2) is 5.43 Å². The van der Waals surface area contributed by atoms with Crippen molar-refractivity contribution in [3.63, 3.8) is 0 Å². The Balaban J connectivity index is 2.90. The van der Waals surface area contributed by atoms with Crippen LogP contribution < -0.4 is 10.2 Å².